The first kappa shape index (κ1) is 14.7. The molecule has 17 heavy (non-hydrogen) atoms. The van der Waals surface area contributed by atoms with Crippen LogP contribution in [0.2, 0.25) is 11.1 Å². The molecule has 0 heterocycles. The van der Waals surface area contributed by atoms with Gasteiger partial charge in [0.25, 0.3) is 0 Å². The third-order valence-electron chi connectivity index (χ3n) is 2.52. The molecule has 0 aliphatic rings. The molecule has 0 N–H and O–H groups in total. The maximum absolute atomic E-state index is 5.85. The maximum atomic E-state index is 5.85. The van der Waals surface area contributed by atoms with E-state index in [1.165, 1.54) is 5.56 Å². The Labute approximate surface area is 111 Å². The van der Waals surface area contributed by atoms with E-state index in [1.54, 1.807) is 0 Å². The lowest BCUT2D eigenvalue weighted by Crippen LogP contribution is -2.22. The van der Waals surface area contributed by atoms with Gasteiger partial charge in [-0.1, -0.05) is 23.7 Å². The fraction of sp³-hybridized carbons (Fsp3) is 0.538. The molecule has 1 rings (SSSR count). The first-order valence-corrected chi connectivity index (χ1v) is 8.37. The minimum absolute atomic E-state index is 0.762. The van der Waals surface area contributed by atoms with Crippen LogP contribution in [0.5, 0.6) is 0 Å². The van der Waals surface area contributed by atoms with Crippen molar-refractivity contribution in [2.45, 2.75) is 32.7 Å². The minimum Gasteiger partial charge on any atom is -0.397 e. The van der Waals surface area contributed by atoms with Gasteiger partial charge in [0.2, 0.25) is 0 Å². The summed E-state index contributed by atoms with van der Waals surface area (Å²) >= 11 is 5.85. The van der Waals surface area contributed by atoms with E-state index in [9.17, 15) is 0 Å². The monoisotopic (exact) mass is 272 g/mol. The topological polar surface area (TPSA) is 18.5 Å². The van der Waals surface area contributed by atoms with Gasteiger partial charge in [-0.3, -0.25) is 0 Å². The summed E-state index contributed by atoms with van der Waals surface area (Å²) in [7, 11) is -1.41. The average molecular weight is 273 g/mol. The highest BCUT2D eigenvalue weighted by Gasteiger charge is 2.11. The van der Waals surface area contributed by atoms with E-state index < -0.39 is 9.28 Å². The number of hydrogen-bond acceptors (Lipinski definition) is 2. The number of halogens is 1. The SMILES string of the molecule is CCO[SiH](CCCc1ccc(Cl)cc1)OCC. The third kappa shape index (κ3) is 6.22. The van der Waals surface area contributed by atoms with E-state index in [0.29, 0.717) is 0 Å². The molecule has 0 bridgehead atoms. The van der Waals surface area contributed by atoms with Gasteiger partial charge in [0, 0.05) is 18.2 Å². The second-order valence-electron chi connectivity index (χ2n) is 3.86. The summed E-state index contributed by atoms with van der Waals surface area (Å²) in [4.78, 5) is 0. The van der Waals surface area contributed by atoms with Gasteiger partial charge in [0.05, 0.1) is 0 Å². The van der Waals surface area contributed by atoms with E-state index in [4.69, 9.17) is 20.5 Å². The lowest BCUT2D eigenvalue weighted by Gasteiger charge is -2.14. The minimum atomic E-state index is -1.41. The molecule has 0 unspecified atom stereocenters. The van der Waals surface area contributed by atoms with Crippen LogP contribution in [0.15, 0.2) is 24.3 Å². The number of benzene rings is 1. The summed E-state index contributed by atoms with van der Waals surface area (Å²) in [6.07, 6.45) is 2.19. The van der Waals surface area contributed by atoms with Gasteiger partial charge in [-0.15, -0.1) is 0 Å². The van der Waals surface area contributed by atoms with Crippen LogP contribution in [-0.2, 0) is 15.3 Å². The second kappa shape index (κ2) is 8.70. The third-order valence-corrected chi connectivity index (χ3v) is 5.07. The molecule has 96 valence electrons. The summed E-state index contributed by atoms with van der Waals surface area (Å²) < 4.78 is 11.3. The number of rotatable bonds is 8. The molecule has 0 aliphatic heterocycles. The lowest BCUT2D eigenvalue weighted by molar-refractivity contribution is 0.213. The predicted molar refractivity (Wildman–Crippen MR) is 75.0 cm³/mol. The van der Waals surface area contributed by atoms with Crippen LogP contribution in [0.1, 0.15) is 25.8 Å². The van der Waals surface area contributed by atoms with Crippen LogP contribution in [0.4, 0.5) is 0 Å². The van der Waals surface area contributed by atoms with Gasteiger partial charge < -0.3 is 8.85 Å². The molecule has 0 fully saturated rings. The number of hydrogen-bond donors (Lipinski definition) is 0. The predicted octanol–water partition coefficient (Wildman–Crippen LogP) is 3.57. The van der Waals surface area contributed by atoms with E-state index in [2.05, 4.69) is 12.1 Å². The largest absolute Gasteiger partial charge is 0.397 e. The van der Waals surface area contributed by atoms with Crippen molar-refractivity contribution in [2.24, 2.45) is 0 Å². The van der Waals surface area contributed by atoms with Crippen LogP contribution >= 0.6 is 11.6 Å². The Morgan fingerprint density at radius 1 is 1.06 bits per heavy atom. The van der Waals surface area contributed by atoms with E-state index in [1.807, 2.05) is 26.0 Å². The van der Waals surface area contributed by atoms with Crippen molar-refractivity contribution in [1.82, 2.24) is 0 Å². The zero-order chi connectivity index (χ0) is 12.5. The molecule has 0 saturated carbocycles. The quantitative estimate of drug-likeness (QED) is 0.674. The molecule has 1 aromatic carbocycles. The fourth-order valence-electron chi connectivity index (χ4n) is 1.71. The standard InChI is InChI=1S/C13H21ClO2Si/c1-3-15-17(16-4-2)11-5-6-12-7-9-13(14)10-8-12/h7-10,17H,3-6,11H2,1-2H3. The Kier molecular flexibility index (Phi) is 7.52. The van der Waals surface area contributed by atoms with Crippen LogP contribution in [-0.4, -0.2) is 22.5 Å². The Morgan fingerprint density at radius 2 is 1.65 bits per heavy atom. The van der Waals surface area contributed by atoms with Crippen LogP contribution in [0, 0.1) is 0 Å². The molecule has 0 saturated heterocycles. The normalized spacial score (nSPS) is 11.1. The lowest BCUT2D eigenvalue weighted by atomic mass is 10.1. The molecule has 0 radical (unpaired) electrons. The Bertz CT molecular complexity index is 297. The van der Waals surface area contributed by atoms with Crippen LogP contribution in [0.25, 0.3) is 0 Å². The highest BCUT2D eigenvalue weighted by atomic mass is 35.5. The fourth-order valence-corrected chi connectivity index (χ4v) is 3.55. The van der Waals surface area contributed by atoms with Gasteiger partial charge in [-0.05, 0) is 50.4 Å². The van der Waals surface area contributed by atoms with E-state index in [0.717, 1.165) is 37.1 Å². The molecular weight excluding hydrogens is 252 g/mol. The molecule has 0 spiro atoms. The summed E-state index contributed by atoms with van der Waals surface area (Å²) in [5.41, 5.74) is 1.33. The van der Waals surface area contributed by atoms with Gasteiger partial charge in [0.1, 0.15) is 0 Å². The van der Waals surface area contributed by atoms with E-state index in [-0.39, 0.29) is 0 Å². The van der Waals surface area contributed by atoms with Gasteiger partial charge in [0.15, 0.2) is 0 Å². The Balaban J connectivity index is 2.27. The van der Waals surface area contributed by atoms with Gasteiger partial charge >= 0.3 is 9.28 Å². The zero-order valence-corrected chi connectivity index (χ0v) is 12.5. The van der Waals surface area contributed by atoms with E-state index >= 15 is 0 Å². The molecular formula is C13H21ClO2Si. The highest BCUT2D eigenvalue weighted by molar-refractivity contribution is 6.44. The van der Waals surface area contributed by atoms with Gasteiger partial charge in [-0.2, -0.15) is 0 Å². The Morgan fingerprint density at radius 3 is 2.18 bits per heavy atom. The average Bonchev–Trinajstić information content (AvgIpc) is 2.32. The molecule has 0 amide bonds. The molecule has 0 atom stereocenters. The smallest absolute Gasteiger partial charge is 0.321 e. The first-order chi connectivity index (χ1) is 8.26. The van der Waals surface area contributed by atoms with Crippen LogP contribution < -0.4 is 0 Å². The molecule has 0 aromatic heterocycles. The summed E-state index contributed by atoms with van der Waals surface area (Å²) in [5.74, 6) is 0. The van der Waals surface area contributed by atoms with Gasteiger partial charge in [-0.25, -0.2) is 0 Å². The van der Waals surface area contributed by atoms with Crippen molar-refractivity contribution in [3.8, 4) is 0 Å². The molecule has 2 nitrogen and oxygen atoms in total. The maximum Gasteiger partial charge on any atom is 0.321 e. The molecule has 1 aromatic rings. The van der Waals surface area contributed by atoms with Crippen molar-refractivity contribution >= 4 is 20.9 Å². The number of aryl methyl sites for hydroxylation is 1. The second-order valence-corrected chi connectivity index (χ2v) is 6.40. The highest BCUT2D eigenvalue weighted by Crippen LogP contribution is 2.13. The summed E-state index contributed by atoms with van der Waals surface area (Å²) in [5, 5.41) is 0.796. The van der Waals surface area contributed by atoms with Crippen molar-refractivity contribution in [3.05, 3.63) is 34.9 Å². The Hall–Kier alpha value is -0.353. The summed E-state index contributed by atoms with van der Waals surface area (Å²) in [6, 6.07) is 9.12. The van der Waals surface area contributed by atoms with Crippen molar-refractivity contribution in [3.63, 3.8) is 0 Å². The first-order valence-electron chi connectivity index (χ1n) is 6.24. The molecule has 4 heteroatoms. The van der Waals surface area contributed by atoms with Crippen molar-refractivity contribution in [1.29, 1.82) is 0 Å². The molecule has 0 aliphatic carbocycles. The van der Waals surface area contributed by atoms with Crippen molar-refractivity contribution in [2.75, 3.05) is 13.2 Å². The zero-order valence-electron chi connectivity index (χ0n) is 10.6. The summed E-state index contributed by atoms with van der Waals surface area (Å²) in [6.45, 7) is 5.58. The van der Waals surface area contributed by atoms with Crippen molar-refractivity contribution < 1.29 is 8.85 Å². The van der Waals surface area contributed by atoms with Crippen LogP contribution in [0.3, 0.4) is 0 Å².